The Hall–Kier alpha value is -0.570. The number of rotatable bonds is 8. The monoisotopic (exact) mass is 240 g/mol. The standard InChI is InChI=1S/C14H28N2O/c1-3-5-7-9-12-11-15-14(17)13(16-12)10-8-6-4-2/h12-13,16H,3-11H2,1-2H3,(H,15,17)/t12-,13+/m1/s1. The summed E-state index contributed by atoms with van der Waals surface area (Å²) < 4.78 is 0. The highest BCUT2D eigenvalue weighted by Crippen LogP contribution is 2.11. The van der Waals surface area contributed by atoms with Crippen molar-refractivity contribution in [2.75, 3.05) is 6.54 Å². The van der Waals surface area contributed by atoms with Crippen molar-refractivity contribution < 1.29 is 4.79 Å². The molecule has 0 aromatic rings. The van der Waals surface area contributed by atoms with Gasteiger partial charge in [0.25, 0.3) is 0 Å². The molecule has 17 heavy (non-hydrogen) atoms. The smallest absolute Gasteiger partial charge is 0.237 e. The molecule has 0 bridgehead atoms. The molecule has 1 aliphatic rings. The van der Waals surface area contributed by atoms with E-state index in [1.165, 1.54) is 38.5 Å². The minimum absolute atomic E-state index is 0.0573. The molecule has 0 aromatic carbocycles. The number of hydrogen-bond acceptors (Lipinski definition) is 2. The van der Waals surface area contributed by atoms with Crippen LogP contribution in [-0.4, -0.2) is 24.5 Å². The normalized spacial score (nSPS) is 24.7. The van der Waals surface area contributed by atoms with Crippen molar-refractivity contribution in [1.29, 1.82) is 0 Å². The third kappa shape index (κ3) is 5.53. The lowest BCUT2D eigenvalue weighted by atomic mass is 10.0. The van der Waals surface area contributed by atoms with Gasteiger partial charge < -0.3 is 10.6 Å². The highest BCUT2D eigenvalue weighted by Gasteiger charge is 2.26. The van der Waals surface area contributed by atoms with E-state index in [1.54, 1.807) is 0 Å². The quantitative estimate of drug-likeness (QED) is 0.640. The Kier molecular flexibility index (Phi) is 7.25. The Balaban J connectivity index is 2.24. The van der Waals surface area contributed by atoms with Crippen LogP contribution in [0.5, 0.6) is 0 Å². The minimum Gasteiger partial charge on any atom is -0.353 e. The molecule has 0 aromatic heterocycles. The van der Waals surface area contributed by atoms with Crippen LogP contribution in [0, 0.1) is 0 Å². The van der Waals surface area contributed by atoms with Gasteiger partial charge in [0.1, 0.15) is 0 Å². The molecule has 1 saturated heterocycles. The summed E-state index contributed by atoms with van der Waals surface area (Å²) in [6.07, 6.45) is 9.61. The first-order chi connectivity index (χ1) is 8.27. The Labute approximate surface area is 106 Å². The molecule has 1 heterocycles. The molecule has 1 fully saturated rings. The molecule has 2 atom stereocenters. The maximum Gasteiger partial charge on any atom is 0.237 e. The SMILES string of the molecule is CCCCC[C@@H]1CNC(=O)[C@H](CCCCC)N1. The summed E-state index contributed by atoms with van der Waals surface area (Å²) in [7, 11) is 0. The highest BCUT2D eigenvalue weighted by atomic mass is 16.2. The van der Waals surface area contributed by atoms with Crippen LogP contribution in [0.4, 0.5) is 0 Å². The summed E-state index contributed by atoms with van der Waals surface area (Å²) in [6.45, 7) is 5.23. The van der Waals surface area contributed by atoms with Gasteiger partial charge in [-0.25, -0.2) is 0 Å². The van der Waals surface area contributed by atoms with Gasteiger partial charge in [-0.1, -0.05) is 52.4 Å². The Morgan fingerprint density at radius 1 is 1.06 bits per heavy atom. The fourth-order valence-electron chi connectivity index (χ4n) is 2.41. The van der Waals surface area contributed by atoms with E-state index in [4.69, 9.17) is 0 Å². The van der Waals surface area contributed by atoms with Gasteiger partial charge in [0.15, 0.2) is 0 Å². The van der Waals surface area contributed by atoms with Crippen molar-refractivity contribution in [2.24, 2.45) is 0 Å². The van der Waals surface area contributed by atoms with Gasteiger partial charge in [0.05, 0.1) is 6.04 Å². The van der Waals surface area contributed by atoms with Crippen LogP contribution in [0.1, 0.15) is 65.2 Å². The number of piperazine rings is 1. The van der Waals surface area contributed by atoms with Crippen LogP contribution < -0.4 is 10.6 Å². The zero-order chi connectivity index (χ0) is 12.5. The lowest BCUT2D eigenvalue weighted by molar-refractivity contribution is -0.125. The predicted octanol–water partition coefficient (Wildman–Crippen LogP) is 2.60. The van der Waals surface area contributed by atoms with Gasteiger partial charge in [-0.3, -0.25) is 4.79 Å². The largest absolute Gasteiger partial charge is 0.353 e. The molecule has 0 saturated carbocycles. The third-order valence-corrected chi connectivity index (χ3v) is 3.53. The first-order valence-electron chi connectivity index (χ1n) is 7.31. The number of unbranched alkanes of at least 4 members (excludes halogenated alkanes) is 4. The molecule has 1 aliphatic heterocycles. The molecule has 3 heteroatoms. The van der Waals surface area contributed by atoms with E-state index in [-0.39, 0.29) is 11.9 Å². The Bertz CT molecular complexity index is 218. The molecule has 0 radical (unpaired) electrons. The van der Waals surface area contributed by atoms with Crippen molar-refractivity contribution >= 4 is 5.91 Å². The highest BCUT2D eigenvalue weighted by molar-refractivity contribution is 5.82. The molecule has 0 aliphatic carbocycles. The molecule has 2 N–H and O–H groups in total. The third-order valence-electron chi connectivity index (χ3n) is 3.53. The van der Waals surface area contributed by atoms with Crippen LogP contribution in [0.25, 0.3) is 0 Å². The van der Waals surface area contributed by atoms with Crippen molar-refractivity contribution in [2.45, 2.75) is 77.3 Å². The zero-order valence-corrected chi connectivity index (χ0v) is 11.4. The maximum absolute atomic E-state index is 11.7. The summed E-state index contributed by atoms with van der Waals surface area (Å²) in [5.41, 5.74) is 0. The minimum atomic E-state index is 0.0573. The molecule has 1 amide bonds. The second kappa shape index (κ2) is 8.51. The summed E-state index contributed by atoms with van der Waals surface area (Å²) in [5.74, 6) is 0.202. The Morgan fingerprint density at radius 2 is 1.71 bits per heavy atom. The van der Waals surface area contributed by atoms with Crippen LogP contribution in [0.15, 0.2) is 0 Å². The van der Waals surface area contributed by atoms with Gasteiger partial charge in [0, 0.05) is 12.6 Å². The van der Waals surface area contributed by atoms with E-state index in [2.05, 4.69) is 24.5 Å². The van der Waals surface area contributed by atoms with Crippen LogP contribution in [-0.2, 0) is 4.79 Å². The molecule has 0 unspecified atom stereocenters. The second-order valence-electron chi connectivity index (χ2n) is 5.15. The van der Waals surface area contributed by atoms with Crippen molar-refractivity contribution in [1.82, 2.24) is 10.6 Å². The number of carbonyl (C=O) groups is 1. The first kappa shape index (κ1) is 14.5. The zero-order valence-electron chi connectivity index (χ0n) is 11.4. The molecule has 3 nitrogen and oxygen atoms in total. The summed E-state index contributed by atoms with van der Waals surface area (Å²) in [5, 5.41) is 6.54. The van der Waals surface area contributed by atoms with Crippen LogP contribution >= 0.6 is 0 Å². The topological polar surface area (TPSA) is 41.1 Å². The molecule has 1 rings (SSSR count). The average molecular weight is 240 g/mol. The van der Waals surface area contributed by atoms with Gasteiger partial charge >= 0.3 is 0 Å². The summed E-state index contributed by atoms with van der Waals surface area (Å²) in [4.78, 5) is 11.7. The number of hydrogen-bond donors (Lipinski definition) is 2. The fourth-order valence-corrected chi connectivity index (χ4v) is 2.41. The van der Waals surface area contributed by atoms with Crippen molar-refractivity contribution in [3.8, 4) is 0 Å². The lowest BCUT2D eigenvalue weighted by Gasteiger charge is -2.31. The first-order valence-corrected chi connectivity index (χ1v) is 7.31. The van der Waals surface area contributed by atoms with Crippen LogP contribution in [0.3, 0.4) is 0 Å². The maximum atomic E-state index is 11.7. The Morgan fingerprint density at radius 3 is 2.35 bits per heavy atom. The van der Waals surface area contributed by atoms with Gasteiger partial charge in [-0.2, -0.15) is 0 Å². The van der Waals surface area contributed by atoms with E-state index in [0.717, 1.165) is 19.4 Å². The van der Waals surface area contributed by atoms with E-state index >= 15 is 0 Å². The second-order valence-corrected chi connectivity index (χ2v) is 5.15. The van der Waals surface area contributed by atoms with Crippen LogP contribution in [0.2, 0.25) is 0 Å². The number of carbonyl (C=O) groups excluding carboxylic acids is 1. The molecular formula is C14H28N2O. The lowest BCUT2D eigenvalue weighted by Crippen LogP contribution is -2.58. The van der Waals surface area contributed by atoms with E-state index in [0.29, 0.717) is 6.04 Å². The molecule has 100 valence electrons. The predicted molar refractivity (Wildman–Crippen MR) is 72.0 cm³/mol. The van der Waals surface area contributed by atoms with Gasteiger partial charge in [0.2, 0.25) is 5.91 Å². The summed E-state index contributed by atoms with van der Waals surface area (Å²) >= 11 is 0. The van der Waals surface area contributed by atoms with E-state index in [9.17, 15) is 4.79 Å². The fraction of sp³-hybridized carbons (Fsp3) is 0.929. The van der Waals surface area contributed by atoms with Gasteiger partial charge in [-0.15, -0.1) is 0 Å². The van der Waals surface area contributed by atoms with Crippen molar-refractivity contribution in [3.63, 3.8) is 0 Å². The number of amides is 1. The van der Waals surface area contributed by atoms with Crippen molar-refractivity contribution in [3.05, 3.63) is 0 Å². The van der Waals surface area contributed by atoms with E-state index in [1.807, 2.05) is 0 Å². The number of nitrogens with one attached hydrogen (secondary N) is 2. The van der Waals surface area contributed by atoms with Gasteiger partial charge in [-0.05, 0) is 12.8 Å². The summed E-state index contributed by atoms with van der Waals surface area (Å²) in [6, 6.07) is 0.549. The molecule has 0 spiro atoms. The molecular weight excluding hydrogens is 212 g/mol. The van der Waals surface area contributed by atoms with E-state index < -0.39 is 0 Å². The average Bonchev–Trinajstić information content (AvgIpc) is 2.33.